The molecule has 1 N–H and O–H groups in total. The normalized spacial score (nSPS) is 14.4. The summed E-state index contributed by atoms with van der Waals surface area (Å²) in [7, 11) is 0. The fourth-order valence-electron chi connectivity index (χ4n) is 4.50. The van der Waals surface area contributed by atoms with Crippen molar-refractivity contribution in [2.24, 2.45) is 0 Å². The van der Waals surface area contributed by atoms with E-state index in [1.807, 2.05) is 19.9 Å². The second kappa shape index (κ2) is 11.1. The predicted molar refractivity (Wildman–Crippen MR) is 134 cm³/mol. The van der Waals surface area contributed by atoms with E-state index in [0.717, 1.165) is 34.8 Å². The molecule has 1 aliphatic rings. The highest BCUT2D eigenvalue weighted by atomic mass is 19.4. The molecule has 2 aromatic carbocycles. The van der Waals surface area contributed by atoms with Gasteiger partial charge in [0.2, 0.25) is 0 Å². The molecule has 4 rings (SSSR count). The Balaban J connectivity index is 1.49. The number of amides is 2. The number of aromatic nitrogens is 2. The van der Waals surface area contributed by atoms with Crippen molar-refractivity contribution in [2.75, 3.05) is 36.4 Å². The number of carbonyl (C=O) groups excluding carboxylic acids is 1. The number of nitrogens with one attached hydrogen (secondary N) is 1. The fraction of sp³-hybridized carbons (Fsp3) is 0.370. The molecule has 0 aliphatic carbocycles. The van der Waals surface area contributed by atoms with Gasteiger partial charge in [-0.1, -0.05) is 19.1 Å². The minimum atomic E-state index is -4.43. The summed E-state index contributed by atoms with van der Waals surface area (Å²) in [6.45, 7) is 5.96. The van der Waals surface area contributed by atoms with Crippen molar-refractivity contribution in [2.45, 2.75) is 39.3 Å². The van der Waals surface area contributed by atoms with Gasteiger partial charge in [0.1, 0.15) is 17.5 Å². The quantitative estimate of drug-likeness (QED) is 0.434. The summed E-state index contributed by atoms with van der Waals surface area (Å²) in [5.74, 6) is 1.14. The van der Waals surface area contributed by atoms with Crippen LogP contribution in [0.1, 0.15) is 41.6 Å². The molecule has 0 spiro atoms. The van der Waals surface area contributed by atoms with Crippen LogP contribution in [0.2, 0.25) is 0 Å². The monoisotopic (exact) mass is 515 g/mol. The number of benzene rings is 2. The number of urea groups is 1. The molecule has 1 aromatic heterocycles. The molecule has 196 valence electrons. The first kappa shape index (κ1) is 26.4. The van der Waals surface area contributed by atoms with E-state index in [-0.39, 0.29) is 11.8 Å². The molecule has 2 heterocycles. The zero-order valence-corrected chi connectivity index (χ0v) is 20.8. The zero-order valence-electron chi connectivity index (χ0n) is 20.8. The lowest BCUT2D eigenvalue weighted by Gasteiger charge is -2.26. The van der Waals surface area contributed by atoms with Gasteiger partial charge in [0, 0.05) is 49.5 Å². The number of anilines is 2. The van der Waals surface area contributed by atoms with Gasteiger partial charge in [-0.25, -0.2) is 19.2 Å². The van der Waals surface area contributed by atoms with Gasteiger partial charge in [-0.2, -0.15) is 13.2 Å². The number of halogens is 4. The summed E-state index contributed by atoms with van der Waals surface area (Å²) in [4.78, 5) is 26.0. The highest BCUT2D eigenvalue weighted by Crippen LogP contribution is 2.30. The van der Waals surface area contributed by atoms with Crippen molar-refractivity contribution >= 4 is 17.5 Å². The summed E-state index contributed by atoms with van der Waals surface area (Å²) >= 11 is 0. The van der Waals surface area contributed by atoms with Crippen molar-refractivity contribution in [1.29, 1.82) is 0 Å². The maximum atomic E-state index is 13.8. The number of aryl methyl sites for hydroxylation is 2. The highest BCUT2D eigenvalue weighted by molar-refractivity contribution is 5.89. The highest BCUT2D eigenvalue weighted by Gasteiger charge is 2.30. The number of nitrogens with zero attached hydrogens (tertiary/aromatic N) is 4. The van der Waals surface area contributed by atoms with Gasteiger partial charge >= 0.3 is 12.2 Å². The van der Waals surface area contributed by atoms with Crippen LogP contribution < -0.4 is 10.2 Å². The van der Waals surface area contributed by atoms with Gasteiger partial charge in [0.15, 0.2) is 0 Å². The fourth-order valence-corrected chi connectivity index (χ4v) is 4.50. The Morgan fingerprint density at radius 1 is 1.03 bits per heavy atom. The van der Waals surface area contributed by atoms with Crippen molar-refractivity contribution < 1.29 is 22.4 Å². The average Bonchev–Trinajstić information content (AvgIpc) is 3.11. The van der Waals surface area contributed by atoms with Gasteiger partial charge in [0.25, 0.3) is 0 Å². The molecule has 0 unspecified atom stereocenters. The second-order valence-electron chi connectivity index (χ2n) is 9.01. The van der Waals surface area contributed by atoms with E-state index < -0.39 is 11.7 Å². The molecule has 2 amide bonds. The van der Waals surface area contributed by atoms with Gasteiger partial charge in [-0.05, 0) is 61.7 Å². The van der Waals surface area contributed by atoms with Crippen LogP contribution in [0.3, 0.4) is 0 Å². The zero-order chi connectivity index (χ0) is 26.6. The van der Waals surface area contributed by atoms with Gasteiger partial charge in [-0.15, -0.1) is 0 Å². The van der Waals surface area contributed by atoms with E-state index in [1.165, 1.54) is 24.3 Å². The van der Waals surface area contributed by atoms with E-state index in [4.69, 9.17) is 4.98 Å². The van der Waals surface area contributed by atoms with Crippen LogP contribution in [0.15, 0.2) is 48.5 Å². The Hall–Kier alpha value is -3.69. The largest absolute Gasteiger partial charge is 0.416 e. The smallest absolute Gasteiger partial charge is 0.354 e. The lowest BCUT2D eigenvalue weighted by atomic mass is 10.0. The third-order valence-corrected chi connectivity index (χ3v) is 6.33. The lowest BCUT2D eigenvalue weighted by molar-refractivity contribution is -0.137. The van der Waals surface area contributed by atoms with E-state index in [1.54, 1.807) is 11.0 Å². The molecule has 37 heavy (non-hydrogen) atoms. The average molecular weight is 516 g/mol. The van der Waals surface area contributed by atoms with Gasteiger partial charge < -0.3 is 15.1 Å². The Bertz CT molecular complexity index is 1250. The van der Waals surface area contributed by atoms with Crippen LogP contribution in [0.25, 0.3) is 0 Å². The van der Waals surface area contributed by atoms with Crippen LogP contribution >= 0.6 is 0 Å². The number of hydrogen-bond acceptors (Lipinski definition) is 4. The third-order valence-electron chi connectivity index (χ3n) is 6.33. The maximum Gasteiger partial charge on any atom is 0.416 e. The number of rotatable bonds is 5. The predicted octanol–water partition coefficient (Wildman–Crippen LogP) is 5.84. The standard InChI is InChI=1S/C27H29F4N5O/c1-3-24-23(17-19-6-4-7-21(28)16-19)25(33-18(2)32-24)35-12-5-13-36(15-14-35)26(37)34-22-10-8-20(9-11-22)27(29,30)31/h4,6-11,16H,3,5,12-15,17H2,1-2H3,(H,34,37). The summed E-state index contributed by atoms with van der Waals surface area (Å²) in [6.07, 6.45) is -2.55. The van der Waals surface area contributed by atoms with Gasteiger partial charge in [-0.3, -0.25) is 0 Å². The van der Waals surface area contributed by atoms with Crippen molar-refractivity contribution in [1.82, 2.24) is 14.9 Å². The van der Waals surface area contributed by atoms with Crippen molar-refractivity contribution in [3.05, 3.63) is 82.6 Å². The molecule has 6 nitrogen and oxygen atoms in total. The molecular weight excluding hydrogens is 486 g/mol. The maximum absolute atomic E-state index is 13.8. The SMILES string of the molecule is CCc1nc(C)nc(N2CCCN(C(=O)Nc3ccc(C(F)(F)F)cc3)CC2)c1Cc1cccc(F)c1. The Morgan fingerprint density at radius 3 is 2.46 bits per heavy atom. The lowest BCUT2D eigenvalue weighted by Crippen LogP contribution is -2.38. The Morgan fingerprint density at radius 2 is 1.78 bits per heavy atom. The molecule has 3 aromatic rings. The molecule has 1 saturated heterocycles. The van der Waals surface area contributed by atoms with Crippen LogP contribution in [-0.4, -0.2) is 47.1 Å². The molecule has 10 heteroatoms. The first-order valence-electron chi connectivity index (χ1n) is 12.2. The Labute approximate surface area is 213 Å². The Kier molecular flexibility index (Phi) is 7.94. The minimum Gasteiger partial charge on any atom is -0.354 e. The summed E-state index contributed by atoms with van der Waals surface area (Å²) < 4.78 is 52.3. The molecule has 1 fully saturated rings. The third kappa shape index (κ3) is 6.55. The number of hydrogen-bond donors (Lipinski definition) is 1. The van der Waals surface area contributed by atoms with E-state index in [0.29, 0.717) is 57.0 Å². The topological polar surface area (TPSA) is 61.4 Å². The molecule has 0 bridgehead atoms. The van der Waals surface area contributed by atoms with Crippen LogP contribution in [0, 0.1) is 12.7 Å². The summed E-state index contributed by atoms with van der Waals surface area (Å²) in [5.41, 5.74) is 2.22. The number of alkyl halides is 3. The van der Waals surface area contributed by atoms with E-state index in [9.17, 15) is 22.4 Å². The van der Waals surface area contributed by atoms with Gasteiger partial charge in [0.05, 0.1) is 5.56 Å². The molecular formula is C27H29F4N5O. The van der Waals surface area contributed by atoms with Crippen molar-refractivity contribution in [3.8, 4) is 0 Å². The molecule has 0 atom stereocenters. The first-order valence-corrected chi connectivity index (χ1v) is 12.2. The van der Waals surface area contributed by atoms with Crippen LogP contribution in [0.5, 0.6) is 0 Å². The minimum absolute atomic E-state index is 0.297. The van der Waals surface area contributed by atoms with E-state index >= 15 is 0 Å². The first-order chi connectivity index (χ1) is 17.6. The molecule has 0 saturated carbocycles. The number of carbonyl (C=O) groups is 1. The van der Waals surface area contributed by atoms with E-state index in [2.05, 4.69) is 15.2 Å². The van der Waals surface area contributed by atoms with Crippen LogP contribution in [0.4, 0.5) is 33.9 Å². The second-order valence-corrected chi connectivity index (χ2v) is 9.01. The summed E-state index contributed by atoms with van der Waals surface area (Å²) in [5, 5.41) is 2.69. The molecule has 1 aliphatic heterocycles. The van der Waals surface area contributed by atoms with Crippen molar-refractivity contribution in [3.63, 3.8) is 0 Å². The van der Waals surface area contributed by atoms with Crippen LogP contribution in [-0.2, 0) is 19.0 Å². The summed E-state index contributed by atoms with van der Waals surface area (Å²) in [6, 6.07) is 10.5. The molecule has 0 radical (unpaired) electrons.